The molecule has 0 bridgehead atoms. The van der Waals surface area contributed by atoms with E-state index in [1.807, 2.05) is 0 Å². The number of nitrogens with zero attached hydrogens (tertiary/aromatic N) is 1. The molecule has 1 heterocycles. The molecule has 0 fully saturated rings. The van der Waals surface area contributed by atoms with Gasteiger partial charge in [0.2, 0.25) is 0 Å². The summed E-state index contributed by atoms with van der Waals surface area (Å²) < 4.78 is 10.4. The predicted molar refractivity (Wildman–Crippen MR) is 102 cm³/mol. The first-order valence-corrected chi connectivity index (χ1v) is 9.12. The third kappa shape index (κ3) is 3.94. The Labute approximate surface area is 163 Å². The average molecular weight is 398 g/mol. The molecule has 1 aliphatic heterocycles. The third-order valence-corrected chi connectivity index (χ3v) is 5.01. The molecule has 0 spiro atoms. The largest absolute Gasteiger partial charge is 0.465 e. The SMILES string of the molecule is CCOC(=O)C1=C(C)N=C(C)C(C(=O)OCC)[C@@H]1c1cccc(Cl)c1Cl. The molecule has 2 rings (SSSR count). The van der Waals surface area contributed by atoms with Crippen molar-refractivity contribution in [3.05, 3.63) is 45.1 Å². The van der Waals surface area contributed by atoms with E-state index in [1.165, 1.54) is 0 Å². The van der Waals surface area contributed by atoms with Gasteiger partial charge in [0.15, 0.2) is 0 Å². The summed E-state index contributed by atoms with van der Waals surface area (Å²) in [6, 6.07) is 5.12. The number of allylic oxidation sites excluding steroid dienone is 1. The number of hydrogen-bond donors (Lipinski definition) is 0. The van der Waals surface area contributed by atoms with Crippen molar-refractivity contribution in [3.63, 3.8) is 0 Å². The molecule has 140 valence electrons. The normalized spacial score (nSPS) is 19.8. The average Bonchev–Trinajstić information content (AvgIpc) is 2.57. The molecule has 2 atom stereocenters. The van der Waals surface area contributed by atoms with E-state index in [1.54, 1.807) is 45.9 Å². The van der Waals surface area contributed by atoms with Crippen LogP contribution in [0.25, 0.3) is 0 Å². The zero-order chi connectivity index (χ0) is 19.4. The second kappa shape index (κ2) is 8.69. The fourth-order valence-corrected chi connectivity index (χ4v) is 3.57. The first-order chi connectivity index (χ1) is 12.3. The van der Waals surface area contributed by atoms with E-state index in [9.17, 15) is 9.59 Å². The van der Waals surface area contributed by atoms with E-state index in [2.05, 4.69) is 4.99 Å². The van der Waals surface area contributed by atoms with Crippen LogP contribution in [0.4, 0.5) is 0 Å². The van der Waals surface area contributed by atoms with Crippen LogP contribution in [0.3, 0.4) is 0 Å². The summed E-state index contributed by atoms with van der Waals surface area (Å²) >= 11 is 12.6. The Morgan fingerprint density at radius 3 is 2.38 bits per heavy atom. The molecule has 1 aromatic rings. The highest BCUT2D eigenvalue weighted by atomic mass is 35.5. The number of aliphatic imine (C=N–C) groups is 1. The van der Waals surface area contributed by atoms with Crippen LogP contribution in [-0.4, -0.2) is 30.9 Å². The summed E-state index contributed by atoms with van der Waals surface area (Å²) in [5, 5.41) is 0.630. The summed E-state index contributed by atoms with van der Waals surface area (Å²) in [6.07, 6.45) is 0. The van der Waals surface area contributed by atoms with Gasteiger partial charge in [-0.1, -0.05) is 35.3 Å². The Morgan fingerprint density at radius 1 is 1.12 bits per heavy atom. The molecule has 7 heteroatoms. The maximum absolute atomic E-state index is 12.7. The smallest absolute Gasteiger partial charge is 0.336 e. The molecule has 1 unspecified atom stereocenters. The topological polar surface area (TPSA) is 65.0 Å². The number of carbonyl (C=O) groups is 2. The number of rotatable bonds is 5. The van der Waals surface area contributed by atoms with E-state index in [0.29, 0.717) is 27.6 Å². The van der Waals surface area contributed by atoms with E-state index in [0.717, 1.165) is 0 Å². The molecule has 26 heavy (non-hydrogen) atoms. The van der Waals surface area contributed by atoms with Crippen molar-refractivity contribution < 1.29 is 19.1 Å². The van der Waals surface area contributed by atoms with Crippen LogP contribution >= 0.6 is 23.2 Å². The van der Waals surface area contributed by atoms with Crippen LogP contribution in [0.2, 0.25) is 10.0 Å². The van der Waals surface area contributed by atoms with Gasteiger partial charge in [-0.2, -0.15) is 0 Å². The third-order valence-electron chi connectivity index (χ3n) is 4.18. The summed E-state index contributed by atoms with van der Waals surface area (Å²) in [7, 11) is 0. The molecule has 1 aromatic carbocycles. The summed E-state index contributed by atoms with van der Waals surface area (Å²) in [5.74, 6) is -2.47. The molecule has 0 amide bonds. The van der Waals surface area contributed by atoms with Crippen LogP contribution in [0.15, 0.2) is 34.5 Å². The maximum atomic E-state index is 12.7. The number of halogens is 2. The van der Waals surface area contributed by atoms with E-state index in [4.69, 9.17) is 32.7 Å². The van der Waals surface area contributed by atoms with Crippen molar-refractivity contribution in [2.45, 2.75) is 33.6 Å². The lowest BCUT2D eigenvalue weighted by Crippen LogP contribution is -2.36. The lowest BCUT2D eigenvalue weighted by molar-refractivity contribution is -0.146. The predicted octanol–water partition coefficient (Wildman–Crippen LogP) is 4.57. The summed E-state index contributed by atoms with van der Waals surface area (Å²) in [5.41, 5.74) is 1.89. The Hall–Kier alpha value is -1.85. The standard InChI is InChI=1S/C19H21Cl2NO4/c1-5-25-18(23)14-10(3)22-11(4)15(19(24)26-6-2)16(14)12-8-7-9-13(20)17(12)21/h7-9,14,16H,5-6H2,1-4H3/t14?,16-/m0/s1. The Morgan fingerprint density at radius 2 is 1.77 bits per heavy atom. The zero-order valence-corrected chi connectivity index (χ0v) is 16.6. The van der Waals surface area contributed by atoms with Gasteiger partial charge in [0, 0.05) is 17.3 Å². The molecule has 1 aliphatic rings. The van der Waals surface area contributed by atoms with Crippen LogP contribution in [-0.2, 0) is 19.1 Å². The lowest BCUT2D eigenvalue weighted by atomic mass is 9.75. The van der Waals surface area contributed by atoms with Crippen molar-refractivity contribution in [3.8, 4) is 0 Å². The first-order valence-electron chi connectivity index (χ1n) is 8.37. The molecule has 5 nitrogen and oxygen atoms in total. The number of carbonyl (C=O) groups excluding carboxylic acids is 2. The van der Waals surface area contributed by atoms with Crippen molar-refractivity contribution >= 4 is 40.9 Å². The number of hydrogen-bond acceptors (Lipinski definition) is 5. The van der Waals surface area contributed by atoms with Crippen LogP contribution < -0.4 is 0 Å². The van der Waals surface area contributed by atoms with Crippen molar-refractivity contribution in [2.24, 2.45) is 10.9 Å². The molecule has 0 saturated carbocycles. The quantitative estimate of drug-likeness (QED) is 0.682. The number of benzene rings is 1. The molecular weight excluding hydrogens is 377 g/mol. The Bertz CT molecular complexity index is 786. The zero-order valence-electron chi connectivity index (χ0n) is 15.1. The van der Waals surface area contributed by atoms with Gasteiger partial charge in [0.25, 0.3) is 0 Å². The Balaban J connectivity index is 2.70. The first kappa shape index (κ1) is 20.5. The van der Waals surface area contributed by atoms with Gasteiger partial charge in [-0.3, -0.25) is 9.79 Å². The molecule has 0 aromatic heterocycles. The van der Waals surface area contributed by atoms with Crippen LogP contribution in [0.1, 0.15) is 39.2 Å². The van der Waals surface area contributed by atoms with Crippen molar-refractivity contribution in [1.29, 1.82) is 0 Å². The van der Waals surface area contributed by atoms with E-state index in [-0.39, 0.29) is 18.2 Å². The second-order valence-electron chi connectivity index (χ2n) is 5.82. The van der Waals surface area contributed by atoms with Crippen molar-refractivity contribution in [1.82, 2.24) is 0 Å². The van der Waals surface area contributed by atoms with Crippen LogP contribution in [0.5, 0.6) is 0 Å². The van der Waals surface area contributed by atoms with Gasteiger partial charge < -0.3 is 9.47 Å². The number of ether oxygens (including phenoxy) is 2. The minimum Gasteiger partial charge on any atom is -0.465 e. The lowest BCUT2D eigenvalue weighted by Gasteiger charge is -2.32. The van der Waals surface area contributed by atoms with E-state index < -0.39 is 23.8 Å². The fraction of sp³-hybridized carbons (Fsp3) is 0.421. The highest BCUT2D eigenvalue weighted by molar-refractivity contribution is 6.42. The molecule has 0 aliphatic carbocycles. The second-order valence-corrected chi connectivity index (χ2v) is 6.61. The molecule has 0 radical (unpaired) electrons. The minimum atomic E-state index is -0.783. The molecular formula is C19H21Cl2NO4. The van der Waals surface area contributed by atoms with Gasteiger partial charge in [-0.15, -0.1) is 0 Å². The molecule has 0 N–H and O–H groups in total. The minimum absolute atomic E-state index is 0.207. The fourth-order valence-electron chi connectivity index (χ4n) is 3.15. The highest BCUT2D eigenvalue weighted by Gasteiger charge is 2.43. The van der Waals surface area contributed by atoms with Gasteiger partial charge in [0.05, 0.1) is 28.8 Å². The van der Waals surface area contributed by atoms with Gasteiger partial charge >= 0.3 is 11.9 Å². The van der Waals surface area contributed by atoms with Gasteiger partial charge in [0.1, 0.15) is 5.92 Å². The van der Waals surface area contributed by atoms with E-state index >= 15 is 0 Å². The number of esters is 2. The summed E-state index contributed by atoms with van der Waals surface area (Å²) in [6.45, 7) is 7.31. The Kier molecular flexibility index (Phi) is 6.84. The van der Waals surface area contributed by atoms with Gasteiger partial charge in [-0.25, -0.2) is 4.79 Å². The van der Waals surface area contributed by atoms with Gasteiger partial charge in [-0.05, 0) is 39.3 Å². The highest BCUT2D eigenvalue weighted by Crippen LogP contribution is 2.44. The maximum Gasteiger partial charge on any atom is 0.336 e. The molecule has 0 saturated heterocycles. The van der Waals surface area contributed by atoms with Crippen LogP contribution in [0, 0.1) is 5.92 Å². The van der Waals surface area contributed by atoms with Crippen molar-refractivity contribution in [2.75, 3.05) is 13.2 Å². The monoisotopic (exact) mass is 397 g/mol. The summed E-state index contributed by atoms with van der Waals surface area (Å²) in [4.78, 5) is 29.7.